The van der Waals surface area contributed by atoms with E-state index in [0.29, 0.717) is 21.8 Å². The van der Waals surface area contributed by atoms with Gasteiger partial charge in [-0.3, -0.25) is 4.99 Å². The van der Waals surface area contributed by atoms with Crippen molar-refractivity contribution >= 4 is 51.4 Å². The first-order chi connectivity index (χ1) is 12.4. The van der Waals surface area contributed by atoms with Crippen LogP contribution in [0.15, 0.2) is 52.4 Å². The van der Waals surface area contributed by atoms with E-state index in [4.69, 9.17) is 33.2 Å². The quantitative estimate of drug-likeness (QED) is 0.665. The molecule has 0 saturated heterocycles. The molecular weight excluding hydrogens is 385 g/mol. The van der Waals surface area contributed by atoms with Crippen molar-refractivity contribution in [3.05, 3.63) is 63.6 Å². The van der Waals surface area contributed by atoms with Crippen LogP contribution in [-0.2, 0) is 0 Å². The number of hydrogen-bond donors (Lipinski definition) is 0. The van der Waals surface area contributed by atoms with Gasteiger partial charge >= 0.3 is 0 Å². The predicted molar refractivity (Wildman–Crippen MR) is 116 cm³/mol. The molecule has 2 aromatic rings. The molecule has 0 aromatic heterocycles. The second-order valence-corrected chi connectivity index (χ2v) is 8.86. The van der Waals surface area contributed by atoms with Crippen molar-refractivity contribution in [2.24, 2.45) is 9.98 Å². The van der Waals surface area contributed by atoms with E-state index in [0.717, 1.165) is 34.1 Å². The highest BCUT2D eigenvalue weighted by atomic mass is 35.5. The SMILES string of the molecule is CC(CN(C)C)SC1=Nc2ccc(Cl)cc2C(c2ccccc2Cl)=NC1. The van der Waals surface area contributed by atoms with Gasteiger partial charge in [0.1, 0.15) is 0 Å². The van der Waals surface area contributed by atoms with Crippen LogP contribution in [0.4, 0.5) is 5.69 Å². The fourth-order valence-corrected chi connectivity index (χ4v) is 4.45. The summed E-state index contributed by atoms with van der Waals surface area (Å²) in [5, 5.41) is 2.77. The van der Waals surface area contributed by atoms with Gasteiger partial charge < -0.3 is 4.90 Å². The smallest absolute Gasteiger partial charge is 0.0957 e. The van der Waals surface area contributed by atoms with Gasteiger partial charge in [-0.25, -0.2) is 4.99 Å². The van der Waals surface area contributed by atoms with Crippen LogP contribution >= 0.6 is 35.0 Å². The van der Waals surface area contributed by atoms with Crippen LogP contribution in [0, 0.1) is 0 Å². The van der Waals surface area contributed by atoms with Crippen LogP contribution in [0.25, 0.3) is 0 Å². The van der Waals surface area contributed by atoms with Crippen LogP contribution in [-0.4, -0.2) is 48.1 Å². The molecule has 6 heteroatoms. The summed E-state index contributed by atoms with van der Waals surface area (Å²) in [7, 11) is 4.16. The molecule has 26 heavy (non-hydrogen) atoms. The standard InChI is InChI=1S/C20H21Cl2N3S/c1-13(12-25(2)3)26-19-11-23-20(15-6-4-5-7-17(15)22)16-10-14(21)8-9-18(16)24-19/h4-10,13H,11-12H2,1-3H3. The molecular formula is C20H21Cl2N3S. The van der Waals surface area contributed by atoms with Crippen molar-refractivity contribution in [1.29, 1.82) is 0 Å². The third-order valence-electron chi connectivity index (χ3n) is 3.92. The van der Waals surface area contributed by atoms with Gasteiger partial charge in [0, 0.05) is 33.0 Å². The minimum Gasteiger partial charge on any atom is -0.308 e. The Balaban J connectivity index is 2.01. The molecule has 136 valence electrons. The monoisotopic (exact) mass is 405 g/mol. The van der Waals surface area contributed by atoms with Crippen molar-refractivity contribution in [2.45, 2.75) is 12.2 Å². The number of nitrogens with zero attached hydrogens (tertiary/aromatic N) is 3. The number of benzene rings is 2. The van der Waals surface area contributed by atoms with Gasteiger partial charge in [0.25, 0.3) is 0 Å². The Morgan fingerprint density at radius 1 is 1.12 bits per heavy atom. The Bertz CT molecular complexity index is 862. The van der Waals surface area contributed by atoms with Crippen LogP contribution in [0.5, 0.6) is 0 Å². The lowest BCUT2D eigenvalue weighted by Gasteiger charge is -2.16. The van der Waals surface area contributed by atoms with E-state index in [1.54, 1.807) is 11.8 Å². The number of fused-ring (bicyclic) bond motifs is 1. The molecule has 1 aliphatic heterocycles. The molecule has 0 fully saturated rings. The predicted octanol–water partition coefficient (Wildman–Crippen LogP) is 5.56. The fraction of sp³-hybridized carbons (Fsp3) is 0.300. The van der Waals surface area contributed by atoms with Crippen LogP contribution in [0.1, 0.15) is 18.1 Å². The number of thioether (sulfide) groups is 1. The third kappa shape index (κ3) is 4.68. The molecule has 0 amide bonds. The molecule has 1 unspecified atom stereocenters. The highest BCUT2D eigenvalue weighted by molar-refractivity contribution is 8.14. The zero-order valence-electron chi connectivity index (χ0n) is 15.0. The van der Waals surface area contributed by atoms with Crippen LogP contribution in [0.3, 0.4) is 0 Å². The molecule has 2 aromatic carbocycles. The Labute approximate surface area is 169 Å². The molecule has 3 nitrogen and oxygen atoms in total. The first-order valence-electron chi connectivity index (χ1n) is 8.42. The van der Waals surface area contributed by atoms with Crippen molar-refractivity contribution in [1.82, 2.24) is 4.90 Å². The molecule has 1 atom stereocenters. The Hall–Kier alpha value is -1.33. The normalized spacial score (nSPS) is 15.2. The van der Waals surface area contributed by atoms with Crippen molar-refractivity contribution in [3.63, 3.8) is 0 Å². The summed E-state index contributed by atoms with van der Waals surface area (Å²) in [5.41, 5.74) is 3.54. The van der Waals surface area contributed by atoms with Gasteiger partial charge in [-0.15, -0.1) is 11.8 Å². The maximum absolute atomic E-state index is 6.43. The summed E-state index contributed by atoms with van der Waals surface area (Å²) in [6.07, 6.45) is 0. The van der Waals surface area contributed by atoms with Crippen molar-refractivity contribution < 1.29 is 0 Å². The Morgan fingerprint density at radius 3 is 2.62 bits per heavy atom. The number of hydrogen-bond acceptors (Lipinski definition) is 4. The van der Waals surface area contributed by atoms with E-state index in [2.05, 4.69) is 25.9 Å². The first kappa shape index (κ1) is 19.4. The minimum atomic E-state index is 0.427. The summed E-state index contributed by atoms with van der Waals surface area (Å²) >= 11 is 14.5. The topological polar surface area (TPSA) is 28.0 Å². The zero-order valence-corrected chi connectivity index (χ0v) is 17.4. The van der Waals surface area contributed by atoms with Crippen LogP contribution in [0.2, 0.25) is 10.0 Å². The van der Waals surface area contributed by atoms with E-state index in [-0.39, 0.29) is 0 Å². The Morgan fingerprint density at radius 2 is 1.88 bits per heavy atom. The highest BCUT2D eigenvalue weighted by Crippen LogP contribution is 2.32. The van der Waals surface area contributed by atoms with Gasteiger partial charge in [0.2, 0.25) is 0 Å². The number of aliphatic imine (C=N–C) groups is 2. The average Bonchev–Trinajstić information content (AvgIpc) is 2.74. The zero-order chi connectivity index (χ0) is 18.7. The largest absolute Gasteiger partial charge is 0.308 e. The third-order valence-corrected chi connectivity index (χ3v) is 5.53. The van der Waals surface area contributed by atoms with Crippen LogP contribution < -0.4 is 0 Å². The lowest BCUT2D eigenvalue weighted by molar-refractivity contribution is 0.414. The van der Waals surface area contributed by atoms with Gasteiger partial charge in [0.15, 0.2) is 0 Å². The number of rotatable bonds is 4. The van der Waals surface area contributed by atoms with Crippen molar-refractivity contribution in [2.75, 3.05) is 27.2 Å². The Kier molecular flexibility index (Phi) is 6.41. The lowest BCUT2D eigenvalue weighted by Crippen LogP contribution is -2.22. The second kappa shape index (κ2) is 8.57. The van der Waals surface area contributed by atoms with Gasteiger partial charge in [-0.1, -0.05) is 48.3 Å². The van der Waals surface area contributed by atoms with E-state index in [9.17, 15) is 0 Å². The molecule has 0 N–H and O–H groups in total. The summed E-state index contributed by atoms with van der Waals surface area (Å²) in [6, 6.07) is 13.5. The molecule has 0 radical (unpaired) electrons. The first-order valence-corrected chi connectivity index (χ1v) is 10.1. The van der Waals surface area contributed by atoms with Gasteiger partial charge in [0.05, 0.1) is 23.0 Å². The van der Waals surface area contributed by atoms with Crippen molar-refractivity contribution in [3.8, 4) is 0 Å². The molecule has 0 saturated carbocycles. The molecule has 0 spiro atoms. The fourth-order valence-electron chi connectivity index (χ4n) is 2.93. The lowest BCUT2D eigenvalue weighted by atomic mass is 10.0. The summed E-state index contributed by atoms with van der Waals surface area (Å²) in [6.45, 7) is 3.73. The maximum atomic E-state index is 6.43. The van der Waals surface area contributed by atoms with Gasteiger partial charge in [-0.05, 0) is 38.4 Å². The minimum absolute atomic E-state index is 0.427. The average molecular weight is 406 g/mol. The maximum Gasteiger partial charge on any atom is 0.0957 e. The van der Waals surface area contributed by atoms with E-state index in [1.165, 1.54) is 0 Å². The molecule has 0 aliphatic carbocycles. The summed E-state index contributed by atoms with van der Waals surface area (Å²) in [5.74, 6) is 0. The molecule has 1 aliphatic rings. The second-order valence-electron chi connectivity index (χ2n) is 6.50. The number of halogens is 2. The van der Waals surface area contributed by atoms with E-state index >= 15 is 0 Å². The molecule has 3 rings (SSSR count). The highest BCUT2D eigenvalue weighted by Gasteiger charge is 2.19. The van der Waals surface area contributed by atoms with Gasteiger partial charge in [-0.2, -0.15) is 0 Å². The van der Waals surface area contributed by atoms with E-state index in [1.807, 2.05) is 42.5 Å². The van der Waals surface area contributed by atoms with E-state index < -0.39 is 0 Å². The molecule has 1 heterocycles. The summed E-state index contributed by atoms with van der Waals surface area (Å²) in [4.78, 5) is 11.9. The summed E-state index contributed by atoms with van der Waals surface area (Å²) < 4.78 is 0. The molecule has 0 bridgehead atoms.